The van der Waals surface area contributed by atoms with E-state index in [-0.39, 0.29) is 17.9 Å². The van der Waals surface area contributed by atoms with Crippen molar-refractivity contribution in [3.05, 3.63) is 65.5 Å². The van der Waals surface area contributed by atoms with Gasteiger partial charge < -0.3 is 9.84 Å². The molecular weight excluding hydrogens is 246 g/mol. The second-order valence-corrected chi connectivity index (χ2v) is 3.80. The monoisotopic (exact) mass is 257 g/mol. The number of hydrogen-bond acceptors (Lipinski definition) is 4. The summed E-state index contributed by atoms with van der Waals surface area (Å²) >= 11 is 0. The van der Waals surface area contributed by atoms with E-state index in [1.54, 1.807) is 0 Å². The van der Waals surface area contributed by atoms with E-state index in [2.05, 4.69) is 4.98 Å². The van der Waals surface area contributed by atoms with Crippen LogP contribution >= 0.6 is 0 Å². The zero-order chi connectivity index (χ0) is 13.7. The lowest BCUT2D eigenvalue weighted by Crippen LogP contribution is -2.09. The standard InChI is InChI=1S/C14H11NO4/c16-13(17)11-6-7-15-12(8-11)14(18)19-9-10-4-2-1-3-5-10/h1-8H,9H2,(H,16,17). The lowest BCUT2D eigenvalue weighted by atomic mass is 10.2. The van der Waals surface area contributed by atoms with Crippen LogP contribution < -0.4 is 0 Å². The minimum absolute atomic E-state index is 0.00154. The predicted molar refractivity (Wildman–Crippen MR) is 66.8 cm³/mol. The van der Waals surface area contributed by atoms with Crippen LogP contribution in [0.1, 0.15) is 26.4 Å². The van der Waals surface area contributed by atoms with Crippen molar-refractivity contribution in [3.8, 4) is 0 Å². The van der Waals surface area contributed by atoms with Gasteiger partial charge in [0.15, 0.2) is 0 Å². The molecule has 1 aromatic heterocycles. The van der Waals surface area contributed by atoms with Crippen LogP contribution in [0.4, 0.5) is 0 Å². The molecule has 5 nitrogen and oxygen atoms in total. The third kappa shape index (κ3) is 3.38. The summed E-state index contributed by atoms with van der Waals surface area (Å²) in [4.78, 5) is 26.3. The van der Waals surface area contributed by atoms with Crippen LogP contribution in [0, 0.1) is 0 Å². The van der Waals surface area contributed by atoms with Crippen LogP contribution in [0.2, 0.25) is 0 Å². The maximum atomic E-state index is 11.7. The Morgan fingerprint density at radius 3 is 2.58 bits per heavy atom. The summed E-state index contributed by atoms with van der Waals surface area (Å²) in [5, 5.41) is 8.82. The zero-order valence-corrected chi connectivity index (χ0v) is 9.95. The summed E-state index contributed by atoms with van der Waals surface area (Å²) in [5.41, 5.74) is 0.836. The molecule has 2 rings (SSSR count). The molecular formula is C14H11NO4. The summed E-state index contributed by atoms with van der Waals surface area (Å²) in [6.07, 6.45) is 1.27. The van der Waals surface area contributed by atoms with Crippen LogP contribution in [-0.2, 0) is 11.3 Å². The number of benzene rings is 1. The predicted octanol–water partition coefficient (Wildman–Crippen LogP) is 2.14. The Kier molecular flexibility index (Phi) is 3.87. The molecule has 96 valence electrons. The summed E-state index contributed by atoms with van der Waals surface area (Å²) in [7, 11) is 0. The Balaban J connectivity index is 2.04. The number of esters is 1. The number of carboxylic acid groups (broad SMARTS) is 1. The van der Waals surface area contributed by atoms with E-state index in [0.29, 0.717) is 0 Å². The molecule has 0 atom stereocenters. The molecule has 0 radical (unpaired) electrons. The summed E-state index contributed by atoms with van der Waals surface area (Å²) < 4.78 is 5.05. The first kappa shape index (κ1) is 12.8. The van der Waals surface area contributed by atoms with Gasteiger partial charge in [-0.05, 0) is 17.7 Å². The lowest BCUT2D eigenvalue weighted by Gasteiger charge is -2.04. The molecule has 0 amide bonds. The molecule has 0 bridgehead atoms. The van der Waals surface area contributed by atoms with Crippen LogP contribution in [0.3, 0.4) is 0 Å². The van der Waals surface area contributed by atoms with Crippen LogP contribution in [-0.4, -0.2) is 22.0 Å². The maximum absolute atomic E-state index is 11.7. The SMILES string of the molecule is O=C(O)c1ccnc(C(=O)OCc2ccccc2)c1. The number of carbonyl (C=O) groups excluding carboxylic acids is 1. The number of aromatic carboxylic acids is 1. The van der Waals surface area contributed by atoms with Gasteiger partial charge in [0.05, 0.1) is 5.56 Å². The zero-order valence-electron chi connectivity index (χ0n) is 9.95. The van der Waals surface area contributed by atoms with Crippen LogP contribution in [0.5, 0.6) is 0 Å². The van der Waals surface area contributed by atoms with Gasteiger partial charge in [-0.2, -0.15) is 0 Å². The highest BCUT2D eigenvalue weighted by Crippen LogP contribution is 2.06. The number of carboxylic acids is 1. The van der Waals surface area contributed by atoms with Gasteiger partial charge in [0.1, 0.15) is 12.3 Å². The fourth-order valence-corrected chi connectivity index (χ4v) is 1.47. The second-order valence-electron chi connectivity index (χ2n) is 3.80. The first-order chi connectivity index (χ1) is 9.16. The quantitative estimate of drug-likeness (QED) is 0.849. The summed E-state index contributed by atoms with van der Waals surface area (Å²) in [6, 6.07) is 11.7. The molecule has 5 heteroatoms. The van der Waals surface area contributed by atoms with Crippen molar-refractivity contribution in [2.45, 2.75) is 6.61 Å². The van der Waals surface area contributed by atoms with Crippen molar-refractivity contribution < 1.29 is 19.4 Å². The highest BCUT2D eigenvalue weighted by atomic mass is 16.5. The first-order valence-electron chi connectivity index (χ1n) is 5.57. The molecule has 0 saturated heterocycles. The molecule has 0 spiro atoms. The Bertz CT molecular complexity index is 595. The molecule has 2 aromatic rings. The van der Waals surface area contributed by atoms with E-state index >= 15 is 0 Å². The van der Waals surface area contributed by atoms with Crippen molar-refractivity contribution in [2.75, 3.05) is 0 Å². The summed E-state index contributed by atoms with van der Waals surface area (Å²) in [6.45, 7) is 0.124. The minimum Gasteiger partial charge on any atom is -0.478 e. The number of carbonyl (C=O) groups is 2. The van der Waals surface area contributed by atoms with Crippen molar-refractivity contribution in [2.24, 2.45) is 0 Å². The average Bonchev–Trinajstić information content (AvgIpc) is 2.46. The van der Waals surface area contributed by atoms with Gasteiger partial charge in [-0.3, -0.25) is 0 Å². The van der Waals surface area contributed by atoms with E-state index in [0.717, 1.165) is 5.56 Å². The Morgan fingerprint density at radius 1 is 1.16 bits per heavy atom. The third-order valence-corrected chi connectivity index (χ3v) is 2.43. The van der Waals surface area contributed by atoms with Gasteiger partial charge in [-0.15, -0.1) is 0 Å². The summed E-state index contributed by atoms with van der Waals surface area (Å²) in [5.74, 6) is -1.76. The van der Waals surface area contributed by atoms with Crippen LogP contribution in [0.25, 0.3) is 0 Å². The van der Waals surface area contributed by atoms with E-state index in [4.69, 9.17) is 9.84 Å². The molecule has 0 saturated carbocycles. The highest BCUT2D eigenvalue weighted by Gasteiger charge is 2.12. The molecule has 19 heavy (non-hydrogen) atoms. The van der Waals surface area contributed by atoms with Gasteiger partial charge in [0.2, 0.25) is 0 Å². The fraction of sp³-hybridized carbons (Fsp3) is 0.0714. The third-order valence-electron chi connectivity index (χ3n) is 2.43. The van der Waals surface area contributed by atoms with Gasteiger partial charge >= 0.3 is 11.9 Å². The Morgan fingerprint density at radius 2 is 1.89 bits per heavy atom. The van der Waals surface area contributed by atoms with Gasteiger partial charge in [0, 0.05) is 6.20 Å². The molecule has 0 aliphatic heterocycles. The molecule has 1 aromatic carbocycles. The number of rotatable bonds is 4. The molecule has 1 N–H and O–H groups in total. The van der Waals surface area contributed by atoms with Crippen molar-refractivity contribution in [1.82, 2.24) is 4.98 Å². The van der Waals surface area contributed by atoms with Gasteiger partial charge in [-0.25, -0.2) is 14.6 Å². The average molecular weight is 257 g/mol. The van der Waals surface area contributed by atoms with Gasteiger partial charge in [0.25, 0.3) is 0 Å². The largest absolute Gasteiger partial charge is 0.478 e. The number of hydrogen-bond donors (Lipinski definition) is 1. The van der Waals surface area contributed by atoms with Crippen molar-refractivity contribution in [3.63, 3.8) is 0 Å². The molecule has 0 aliphatic rings. The van der Waals surface area contributed by atoms with Crippen molar-refractivity contribution in [1.29, 1.82) is 0 Å². The number of pyridine rings is 1. The fourth-order valence-electron chi connectivity index (χ4n) is 1.47. The smallest absolute Gasteiger partial charge is 0.357 e. The van der Waals surface area contributed by atoms with Crippen LogP contribution in [0.15, 0.2) is 48.7 Å². The molecule has 0 unspecified atom stereocenters. The number of aromatic nitrogens is 1. The first-order valence-corrected chi connectivity index (χ1v) is 5.57. The normalized spacial score (nSPS) is 9.89. The Labute approximate surface area is 109 Å². The Hall–Kier alpha value is -2.69. The number of ether oxygens (including phenoxy) is 1. The van der Waals surface area contributed by atoms with E-state index < -0.39 is 11.9 Å². The maximum Gasteiger partial charge on any atom is 0.357 e. The number of nitrogens with zero attached hydrogens (tertiary/aromatic N) is 1. The van der Waals surface area contributed by atoms with E-state index in [9.17, 15) is 9.59 Å². The molecule has 0 aliphatic carbocycles. The van der Waals surface area contributed by atoms with E-state index in [1.165, 1.54) is 18.3 Å². The molecule has 0 fully saturated rings. The highest BCUT2D eigenvalue weighted by molar-refractivity contribution is 5.92. The second kappa shape index (κ2) is 5.77. The van der Waals surface area contributed by atoms with E-state index in [1.807, 2.05) is 30.3 Å². The topological polar surface area (TPSA) is 76.5 Å². The minimum atomic E-state index is -1.11. The lowest BCUT2D eigenvalue weighted by molar-refractivity contribution is 0.0465. The van der Waals surface area contributed by atoms with Gasteiger partial charge in [-0.1, -0.05) is 30.3 Å². The van der Waals surface area contributed by atoms with Crippen molar-refractivity contribution >= 4 is 11.9 Å². The molecule has 1 heterocycles.